The summed E-state index contributed by atoms with van der Waals surface area (Å²) in [6.07, 6.45) is 1.65. The Morgan fingerprint density at radius 3 is 2.56 bits per heavy atom. The summed E-state index contributed by atoms with van der Waals surface area (Å²) in [7, 11) is 0. The van der Waals surface area contributed by atoms with Gasteiger partial charge in [-0.1, -0.05) is 42.5 Å². The molecule has 1 aromatic rings. The van der Waals surface area contributed by atoms with Crippen LogP contribution in [0.5, 0.6) is 0 Å². The van der Waals surface area contributed by atoms with Gasteiger partial charge in [0.15, 0.2) is 0 Å². The highest BCUT2D eigenvalue weighted by Gasteiger charge is 2.08. The van der Waals surface area contributed by atoms with Gasteiger partial charge in [0.1, 0.15) is 0 Å². The van der Waals surface area contributed by atoms with Crippen molar-refractivity contribution in [3.05, 3.63) is 35.9 Å². The van der Waals surface area contributed by atoms with Gasteiger partial charge in [0.05, 0.1) is 5.49 Å². The maximum absolute atomic E-state index is 7.48. The Kier molecular flexibility index (Phi) is 7.77. The fourth-order valence-corrected chi connectivity index (χ4v) is 1.75. The molecule has 0 aromatic heterocycles. The zero-order valence-electron chi connectivity index (χ0n) is 9.27. The summed E-state index contributed by atoms with van der Waals surface area (Å²) in [6.45, 7) is 1.82. The SMILES string of the molecule is CC(=N)CC(Cc1ccccc1)NC=S.Cl. The summed E-state index contributed by atoms with van der Waals surface area (Å²) in [6, 6.07) is 10.5. The third-order valence-corrected chi connectivity index (χ3v) is 2.32. The monoisotopic (exact) mass is 256 g/mol. The van der Waals surface area contributed by atoms with E-state index in [1.165, 1.54) is 11.1 Å². The highest BCUT2D eigenvalue weighted by molar-refractivity contribution is 7.78. The molecular formula is C12H17ClN2S. The molecule has 0 bridgehead atoms. The van der Waals surface area contributed by atoms with Crippen molar-refractivity contribution in [2.24, 2.45) is 0 Å². The first-order valence-electron chi connectivity index (χ1n) is 5.00. The Balaban J connectivity index is 0.00000225. The second kappa shape index (κ2) is 8.25. The molecule has 1 rings (SSSR count). The fraction of sp³-hybridized carbons (Fsp3) is 0.333. The Labute approximate surface area is 108 Å². The lowest BCUT2D eigenvalue weighted by Crippen LogP contribution is -2.31. The Bertz CT molecular complexity index is 327. The molecule has 1 atom stereocenters. The molecule has 0 saturated heterocycles. The molecule has 1 unspecified atom stereocenters. The quantitative estimate of drug-likeness (QED) is 0.606. The lowest BCUT2D eigenvalue weighted by atomic mass is 10.0. The average Bonchev–Trinajstić information content (AvgIpc) is 2.18. The summed E-state index contributed by atoms with van der Waals surface area (Å²) >= 11 is 4.79. The number of hydrogen-bond acceptors (Lipinski definition) is 2. The average molecular weight is 257 g/mol. The molecule has 0 aliphatic carbocycles. The molecule has 0 amide bonds. The van der Waals surface area contributed by atoms with E-state index in [0.29, 0.717) is 5.71 Å². The second-order valence-electron chi connectivity index (χ2n) is 3.66. The molecule has 0 fully saturated rings. The number of thiocarbonyl (C=S) groups is 1. The Hall–Kier alpha value is -0.930. The van der Waals surface area contributed by atoms with Crippen LogP contribution in [-0.2, 0) is 6.42 Å². The first-order chi connectivity index (χ1) is 7.22. The summed E-state index contributed by atoms with van der Waals surface area (Å²) < 4.78 is 0. The largest absolute Gasteiger partial charge is 0.379 e. The van der Waals surface area contributed by atoms with Crippen LogP contribution in [-0.4, -0.2) is 17.2 Å². The molecule has 2 N–H and O–H groups in total. The zero-order valence-corrected chi connectivity index (χ0v) is 10.9. The van der Waals surface area contributed by atoms with E-state index in [1.54, 1.807) is 0 Å². The number of halogens is 1. The predicted molar refractivity (Wildman–Crippen MR) is 76.0 cm³/mol. The maximum atomic E-state index is 7.48. The lowest BCUT2D eigenvalue weighted by molar-refractivity contribution is 0.633. The summed E-state index contributed by atoms with van der Waals surface area (Å²) in [5.41, 5.74) is 3.49. The van der Waals surface area contributed by atoms with Gasteiger partial charge in [-0.15, -0.1) is 12.4 Å². The van der Waals surface area contributed by atoms with E-state index in [-0.39, 0.29) is 18.4 Å². The second-order valence-corrected chi connectivity index (χ2v) is 3.89. The smallest absolute Gasteiger partial charge is 0.0617 e. The number of benzene rings is 1. The maximum Gasteiger partial charge on any atom is 0.0617 e. The minimum atomic E-state index is 0. The third kappa shape index (κ3) is 5.83. The standard InChI is InChI=1S/C12H16N2S.ClH/c1-10(13)7-12(14-9-15)8-11-5-3-2-4-6-11;/h2-6,9,12-13H,7-8H2,1H3,(H,14,15);1H. The zero-order chi connectivity index (χ0) is 11.1. The van der Waals surface area contributed by atoms with Crippen molar-refractivity contribution in [1.82, 2.24) is 5.32 Å². The third-order valence-electron chi connectivity index (χ3n) is 2.18. The van der Waals surface area contributed by atoms with E-state index in [0.717, 1.165) is 12.8 Å². The van der Waals surface area contributed by atoms with E-state index in [9.17, 15) is 0 Å². The summed E-state index contributed by atoms with van der Waals surface area (Å²) in [5.74, 6) is 0. The topological polar surface area (TPSA) is 35.9 Å². The van der Waals surface area contributed by atoms with Crippen LogP contribution in [0.25, 0.3) is 0 Å². The normalized spacial score (nSPS) is 11.1. The molecule has 0 aliphatic rings. The van der Waals surface area contributed by atoms with Gasteiger partial charge in [-0.05, 0) is 18.9 Å². The molecule has 1 aromatic carbocycles. The van der Waals surface area contributed by atoms with Crippen molar-refractivity contribution in [1.29, 1.82) is 5.41 Å². The molecule has 0 heterocycles. The van der Waals surface area contributed by atoms with Gasteiger partial charge in [-0.25, -0.2) is 0 Å². The number of nitrogens with one attached hydrogen (secondary N) is 2. The first kappa shape index (κ1) is 15.1. The van der Waals surface area contributed by atoms with E-state index >= 15 is 0 Å². The van der Waals surface area contributed by atoms with Crippen LogP contribution in [0, 0.1) is 5.41 Å². The van der Waals surface area contributed by atoms with E-state index in [2.05, 4.69) is 17.4 Å². The van der Waals surface area contributed by atoms with Gasteiger partial charge in [-0.2, -0.15) is 0 Å². The van der Waals surface area contributed by atoms with Gasteiger partial charge >= 0.3 is 0 Å². The van der Waals surface area contributed by atoms with Gasteiger partial charge in [0.2, 0.25) is 0 Å². The van der Waals surface area contributed by atoms with Crippen LogP contribution < -0.4 is 5.32 Å². The molecule has 0 aliphatic heterocycles. The van der Waals surface area contributed by atoms with E-state index in [4.69, 9.17) is 17.6 Å². The van der Waals surface area contributed by atoms with Gasteiger partial charge in [0, 0.05) is 18.2 Å². The molecule has 0 saturated carbocycles. The van der Waals surface area contributed by atoms with Gasteiger partial charge in [-0.3, -0.25) is 0 Å². The van der Waals surface area contributed by atoms with E-state index in [1.807, 2.05) is 25.1 Å². The fourth-order valence-electron chi connectivity index (χ4n) is 1.55. The van der Waals surface area contributed by atoms with Crippen molar-refractivity contribution < 1.29 is 0 Å². The summed E-state index contributed by atoms with van der Waals surface area (Å²) in [4.78, 5) is 0. The summed E-state index contributed by atoms with van der Waals surface area (Å²) in [5, 5.41) is 10.6. The van der Waals surface area contributed by atoms with Crippen molar-refractivity contribution in [3.8, 4) is 0 Å². The van der Waals surface area contributed by atoms with Crippen LogP contribution >= 0.6 is 24.6 Å². The Morgan fingerprint density at radius 2 is 2.06 bits per heavy atom. The molecule has 16 heavy (non-hydrogen) atoms. The van der Waals surface area contributed by atoms with Crippen LogP contribution in [0.2, 0.25) is 0 Å². The number of hydrogen-bond donors (Lipinski definition) is 2. The van der Waals surface area contributed by atoms with Crippen LogP contribution in [0.4, 0.5) is 0 Å². The molecule has 0 spiro atoms. The van der Waals surface area contributed by atoms with Crippen molar-refractivity contribution in [3.63, 3.8) is 0 Å². The highest BCUT2D eigenvalue weighted by atomic mass is 35.5. The van der Waals surface area contributed by atoms with Gasteiger partial charge in [0.25, 0.3) is 0 Å². The highest BCUT2D eigenvalue weighted by Crippen LogP contribution is 2.05. The molecule has 2 nitrogen and oxygen atoms in total. The van der Waals surface area contributed by atoms with Crippen molar-refractivity contribution in [2.75, 3.05) is 0 Å². The van der Waals surface area contributed by atoms with Gasteiger partial charge < -0.3 is 10.7 Å². The minimum absolute atomic E-state index is 0. The van der Waals surface area contributed by atoms with Crippen molar-refractivity contribution in [2.45, 2.75) is 25.8 Å². The Morgan fingerprint density at radius 1 is 1.44 bits per heavy atom. The van der Waals surface area contributed by atoms with Crippen molar-refractivity contribution >= 4 is 35.8 Å². The van der Waals surface area contributed by atoms with E-state index < -0.39 is 0 Å². The molecule has 0 radical (unpaired) electrons. The molecular weight excluding hydrogens is 240 g/mol. The van der Waals surface area contributed by atoms with Crippen LogP contribution in [0.3, 0.4) is 0 Å². The number of rotatable bonds is 6. The molecule has 88 valence electrons. The first-order valence-corrected chi connectivity index (χ1v) is 5.47. The minimum Gasteiger partial charge on any atom is -0.379 e. The predicted octanol–water partition coefficient (Wildman–Crippen LogP) is 3.00. The van der Waals surface area contributed by atoms with Crippen LogP contribution in [0.15, 0.2) is 30.3 Å². The lowest BCUT2D eigenvalue weighted by Gasteiger charge is -2.16. The molecule has 4 heteroatoms. The van der Waals surface area contributed by atoms with Crippen LogP contribution in [0.1, 0.15) is 18.9 Å².